The largest absolute Gasteiger partial charge is 0.396 e. The van der Waals surface area contributed by atoms with Crippen LogP contribution in [0, 0.1) is 3.57 Å². The van der Waals surface area contributed by atoms with Crippen molar-refractivity contribution in [1.29, 1.82) is 0 Å². The van der Waals surface area contributed by atoms with Gasteiger partial charge in [-0.3, -0.25) is 4.79 Å². The molecule has 0 unspecified atom stereocenters. The lowest BCUT2D eigenvalue weighted by molar-refractivity contribution is 0.0781. The molecule has 0 saturated heterocycles. The predicted molar refractivity (Wildman–Crippen MR) is 109 cm³/mol. The minimum Gasteiger partial charge on any atom is -0.396 e. The Balaban J connectivity index is 2.13. The maximum atomic E-state index is 12.7. The van der Waals surface area contributed by atoms with E-state index in [0.717, 1.165) is 25.6 Å². The Kier molecular flexibility index (Phi) is 5.65. The fourth-order valence-electron chi connectivity index (χ4n) is 2.77. The second kappa shape index (κ2) is 7.93. The molecule has 1 N–H and O–H groups in total. The van der Waals surface area contributed by atoms with E-state index in [2.05, 4.69) is 22.6 Å². The standard InChI is InChI=1S/C20H19IN2O2/c1-23(11-6-12-24)20(25)18-13-14-7-2-3-8-15(14)19(22-18)16-9-4-5-10-17(16)21/h2-5,7-10,13,24H,6,11-12H2,1H3. The molecule has 128 valence electrons. The molecule has 1 aromatic heterocycles. The Morgan fingerprint density at radius 1 is 1.16 bits per heavy atom. The number of aliphatic hydroxyl groups is 1. The number of carbonyl (C=O) groups excluding carboxylic acids is 1. The van der Waals surface area contributed by atoms with Gasteiger partial charge in [0.1, 0.15) is 5.69 Å². The fourth-order valence-corrected chi connectivity index (χ4v) is 3.41. The zero-order chi connectivity index (χ0) is 17.8. The third-order valence-electron chi connectivity index (χ3n) is 4.09. The van der Waals surface area contributed by atoms with Crippen molar-refractivity contribution in [2.24, 2.45) is 0 Å². The summed E-state index contributed by atoms with van der Waals surface area (Å²) in [6, 6.07) is 17.9. The highest BCUT2D eigenvalue weighted by molar-refractivity contribution is 14.1. The Morgan fingerprint density at radius 3 is 2.64 bits per heavy atom. The van der Waals surface area contributed by atoms with E-state index in [1.807, 2.05) is 54.6 Å². The van der Waals surface area contributed by atoms with Gasteiger partial charge in [0, 0.05) is 34.7 Å². The van der Waals surface area contributed by atoms with Crippen LogP contribution >= 0.6 is 22.6 Å². The molecule has 4 nitrogen and oxygen atoms in total. The van der Waals surface area contributed by atoms with Gasteiger partial charge in [0.2, 0.25) is 0 Å². The van der Waals surface area contributed by atoms with Crippen LogP contribution in [0.2, 0.25) is 0 Å². The highest BCUT2D eigenvalue weighted by Crippen LogP contribution is 2.31. The van der Waals surface area contributed by atoms with Gasteiger partial charge in [-0.2, -0.15) is 0 Å². The molecule has 0 aliphatic heterocycles. The quantitative estimate of drug-likeness (QED) is 0.604. The highest BCUT2D eigenvalue weighted by Gasteiger charge is 2.17. The zero-order valence-corrected chi connectivity index (χ0v) is 16.1. The molecular weight excluding hydrogens is 427 g/mol. The van der Waals surface area contributed by atoms with Crippen molar-refractivity contribution in [2.75, 3.05) is 20.2 Å². The number of nitrogens with zero attached hydrogens (tertiary/aromatic N) is 2. The molecule has 3 rings (SSSR count). The number of rotatable bonds is 5. The number of fused-ring (bicyclic) bond motifs is 1. The maximum absolute atomic E-state index is 12.7. The molecule has 0 radical (unpaired) electrons. The van der Waals surface area contributed by atoms with Crippen LogP contribution in [0.4, 0.5) is 0 Å². The molecule has 1 amide bonds. The van der Waals surface area contributed by atoms with Crippen LogP contribution in [0.1, 0.15) is 16.9 Å². The van der Waals surface area contributed by atoms with Crippen LogP contribution in [-0.2, 0) is 0 Å². The van der Waals surface area contributed by atoms with E-state index in [9.17, 15) is 4.79 Å². The van der Waals surface area contributed by atoms with E-state index in [1.54, 1.807) is 11.9 Å². The van der Waals surface area contributed by atoms with Gasteiger partial charge in [-0.1, -0.05) is 42.5 Å². The summed E-state index contributed by atoms with van der Waals surface area (Å²) in [4.78, 5) is 19.0. The smallest absolute Gasteiger partial charge is 0.272 e. The molecule has 5 heteroatoms. The number of amides is 1. The summed E-state index contributed by atoms with van der Waals surface area (Å²) >= 11 is 2.29. The Morgan fingerprint density at radius 2 is 1.88 bits per heavy atom. The Bertz CT molecular complexity index is 911. The van der Waals surface area contributed by atoms with E-state index in [-0.39, 0.29) is 12.5 Å². The first-order valence-electron chi connectivity index (χ1n) is 8.13. The molecule has 0 aliphatic carbocycles. The molecular formula is C20H19IN2O2. The number of aromatic nitrogens is 1. The number of hydrogen-bond donors (Lipinski definition) is 1. The van der Waals surface area contributed by atoms with Crippen LogP contribution in [-0.4, -0.2) is 41.1 Å². The molecule has 0 aliphatic rings. The van der Waals surface area contributed by atoms with E-state index in [4.69, 9.17) is 10.1 Å². The lowest BCUT2D eigenvalue weighted by Gasteiger charge is -2.17. The van der Waals surface area contributed by atoms with Gasteiger partial charge in [0.05, 0.1) is 5.69 Å². The van der Waals surface area contributed by atoms with Crippen molar-refractivity contribution in [3.8, 4) is 11.3 Å². The number of benzene rings is 2. The average Bonchev–Trinajstić information content (AvgIpc) is 2.65. The van der Waals surface area contributed by atoms with Crippen molar-refractivity contribution in [3.63, 3.8) is 0 Å². The summed E-state index contributed by atoms with van der Waals surface area (Å²) < 4.78 is 1.09. The molecule has 0 saturated carbocycles. The van der Waals surface area contributed by atoms with Gasteiger partial charge in [0.15, 0.2) is 0 Å². The molecule has 0 fully saturated rings. The van der Waals surface area contributed by atoms with Crippen LogP contribution in [0.15, 0.2) is 54.6 Å². The fraction of sp³-hybridized carbons (Fsp3) is 0.200. The lowest BCUT2D eigenvalue weighted by Crippen LogP contribution is -2.29. The first kappa shape index (κ1) is 17.8. The third kappa shape index (κ3) is 3.82. The van der Waals surface area contributed by atoms with Gasteiger partial charge < -0.3 is 10.0 Å². The summed E-state index contributed by atoms with van der Waals surface area (Å²) in [6.07, 6.45) is 0.555. The number of hydrogen-bond acceptors (Lipinski definition) is 3. The number of aliphatic hydroxyl groups excluding tert-OH is 1. The lowest BCUT2D eigenvalue weighted by atomic mass is 10.0. The normalized spacial score (nSPS) is 10.8. The van der Waals surface area contributed by atoms with E-state index >= 15 is 0 Å². The molecule has 2 aromatic carbocycles. The maximum Gasteiger partial charge on any atom is 0.272 e. The summed E-state index contributed by atoms with van der Waals surface area (Å²) in [6.45, 7) is 0.568. The number of halogens is 1. The highest BCUT2D eigenvalue weighted by atomic mass is 127. The van der Waals surface area contributed by atoms with Crippen LogP contribution in [0.3, 0.4) is 0 Å². The average molecular weight is 446 g/mol. The molecule has 25 heavy (non-hydrogen) atoms. The van der Waals surface area contributed by atoms with Crippen molar-refractivity contribution in [1.82, 2.24) is 9.88 Å². The summed E-state index contributed by atoms with van der Waals surface area (Å²) in [5, 5.41) is 11.0. The van der Waals surface area contributed by atoms with Gasteiger partial charge in [-0.15, -0.1) is 0 Å². The molecule has 0 atom stereocenters. The Hall–Kier alpha value is -1.99. The summed E-state index contributed by atoms with van der Waals surface area (Å²) in [5.41, 5.74) is 2.27. The SMILES string of the molecule is CN(CCCO)C(=O)c1cc2ccccc2c(-c2ccccc2I)n1. The van der Waals surface area contributed by atoms with E-state index in [1.165, 1.54) is 0 Å². The van der Waals surface area contributed by atoms with Crippen LogP contribution < -0.4 is 0 Å². The van der Waals surface area contributed by atoms with Crippen molar-refractivity contribution >= 4 is 39.3 Å². The van der Waals surface area contributed by atoms with E-state index in [0.29, 0.717) is 18.7 Å². The number of carbonyl (C=O) groups is 1. The van der Waals surface area contributed by atoms with Gasteiger partial charge in [-0.05, 0) is 46.5 Å². The molecule has 0 spiro atoms. The van der Waals surface area contributed by atoms with Crippen molar-refractivity contribution < 1.29 is 9.90 Å². The first-order chi connectivity index (χ1) is 12.1. The monoisotopic (exact) mass is 446 g/mol. The second-order valence-corrected chi connectivity index (χ2v) is 7.02. The molecule has 1 heterocycles. The minimum absolute atomic E-state index is 0.0657. The van der Waals surface area contributed by atoms with E-state index < -0.39 is 0 Å². The molecule has 0 bridgehead atoms. The zero-order valence-electron chi connectivity index (χ0n) is 13.9. The summed E-state index contributed by atoms with van der Waals surface area (Å²) in [7, 11) is 1.74. The van der Waals surface area contributed by atoms with Crippen molar-refractivity contribution in [3.05, 3.63) is 63.9 Å². The van der Waals surface area contributed by atoms with Gasteiger partial charge >= 0.3 is 0 Å². The Labute approximate surface area is 160 Å². The van der Waals surface area contributed by atoms with Crippen LogP contribution in [0.5, 0.6) is 0 Å². The molecule has 3 aromatic rings. The first-order valence-corrected chi connectivity index (χ1v) is 9.20. The predicted octanol–water partition coefficient (Wildman–Crippen LogP) is 3.96. The van der Waals surface area contributed by atoms with Crippen LogP contribution in [0.25, 0.3) is 22.0 Å². The van der Waals surface area contributed by atoms with Gasteiger partial charge in [0.25, 0.3) is 5.91 Å². The van der Waals surface area contributed by atoms with Crippen molar-refractivity contribution in [2.45, 2.75) is 6.42 Å². The topological polar surface area (TPSA) is 53.4 Å². The van der Waals surface area contributed by atoms with Gasteiger partial charge in [-0.25, -0.2) is 4.98 Å². The minimum atomic E-state index is -0.133. The second-order valence-electron chi connectivity index (χ2n) is 5.86. The number of pyridine rings is 1. The third-order valence-corrected chi connectivity index (χ3v) is 5.03. The summed E-state index contributed by atoms with van der Waals surface area (Å²) in [5.74, 6) is -0.133.